The molecule has 1 fully saturated rings. The Bertz CT molecular complexity index is 720. The second-order valence-electron chi connectivity index (χ2n) is 7.10. The smallest absolute Gasteiger partial charge is 0.269 e. The zero-order chi connectivity index (χ0) is 19.2. The van der Waals surface area contributed by atoms with Gasteiger partial charge in [0.05, 0.1) is 4.90 Å². The van der Waals surface area contributed by atoms with Crippen LogP contribution in [0.4, 0.5) is 0 Å². The Balaban J connectivity index is 1.79. The summed E-state index contributed by atoms with van der Waals surface area (Å²) in [5.41, 5.74) is 5.20. The monoisotopic (exact) mass is 380 g/mol. The van der Waals surface area contributed by atoms with Crippen LogP contribution in [-0.2, 0) is 14.6 Å². The molecule has 0 bridgehead atoms. The van der Waals surface area contributed by atoms with Gasteiger partial charge in [0.1, 0.15) is 0 Å². The molecular weight excluding hydrogens is 352 g/mol. The van der Waals surface area contributed by atoms with Crippen LogP contribution in [0.2, 0.25) is 0 Å². The van der Waals surface area contributed by atoms with E-state index in [4.69, 9.17) is 0 Å². The van der Waals surface area contributed by atoms with Gasteiger partial charge in [-0.1, -0.05) is 26.2 Å². The molecule has 0 heterocycles. The van der Waals surface area contributed by atoms with Crippen LogP contribution in [0.5, 0.6) is 0 Å². The van der Waals surface area contributed by atoms with Gasteiger partial charge >= 0.3 is 0 Å². The molecule has 26 heavy (non-hydrogen) atoms. The molecule has 1 aromatic carbocycles. The van der Waals surface area contributed by atoms with E-state index in [1.54, 1.807) is 0 Å². The van der Waals surface area contributed by atoms with E-state index in [1.165, 1.54) is 43.5 Å². The summed E-state index contributed by atoms with van der Waals surface area (Å²) in [5, 5.41) is 0. The normalized spacial score (nSPS) is 20.4. The van der Waals surface area contributed by atoms with Crippen molar-refractivity contribution in [3.63, 3.8) is 0 Å². The highest BCUT2D eigenvalue weighted by molar-refractivity contribution is 7.90. The first-order valence-electron chi connectivity index (χ1n) is 9.21. The van der Waals surface area contributed by atoms with Crippen LogP contribution in [0, 0.1) is 11.8 Å². The highest BCUT2D eigenvalue weighted by Crippen LogP contribution is 2.31. The van der Waals surface area contributed by atoms with Crippen LogP contribution in [0.3, 0.4) is 0 Å². The van der Waals surface area contributed by atoms with Crippen LogP contribution in [0.1, 0.15) is 62.2 Å². The van der Waals surface area contributed by atoms with Crippen molar-refractivity contribution in [3.05, 3.63) is 29.8 Å². The number of hydrogen-bond donors (Lipinski definition) is 2. The lowest BCUT2D eigenvalue weighted by Gasteiger charge is -2.27. The molecule has 0 saturated heterocycles. The quantitative estimate of drug-likeness (QED) is 0.742. The number of carbonyl (C=O) groups excluding carboxylic acids is 2. The highest BCUT2D eigenvalue weighted by Gasteiger charge is 2.26. The van der Waals surface area contributed by atoms with Crippen LogP contribution in [0.25, 0.3) is 0 Å². The number of sulfone groups is 1. The predicted molar refractivity (Wildman–Crippen MR) is 100 cm³/mol. The Morgan fingerprint density at radius 2 is 1.65 bits per heavy atom. The average Bonchev–Trinajstić information content (AvgIpc) is 2.64. The Hall–Kier alpha value is -1.89. The minimum Gasteiger partial charge on any atom is -0.273 e. The third-order valence-electron chi connectivity index (χ3n) is 5.03. The van der Waals surface area contributed by atoms with E-state index in [1.807, 2.05) is 0 Å². The summed E-state index contributed by atoms with van der Waals surface area (Å²) >= 11 is 0. The van der Waals surface area contributed by atoms with Crippen molar-refractivity contribution in [2.75, 3.05) is 6.26 Å². The number of nitrogens with one attached hydrogen (secondary N) is 2. The molecule has 1 aliphatic rings. The maximum atomic E-state index is 12.2. The third kappa shape index (κ3) is 5.83. The van der Waals surface area contributed by atoms with E-state index in [9.17, 15) is 18.0 Å². The van der Waals surface area contributed by atoms with Gasteiger partial charge in [0.15, 0.2) is 9.84 Å². The van der Waals surface area contributed by atoms with Gasteiger partial charge in [-0.05, 0) is 55.9 Å². The summed E-state index contributed by atoms with van der Waals surface area (Å²) in [6.07, 6.45) is 8.66. The second kappa shape index (κ2) is 9.16. The van der Waals surface area contributed by atoms with Crippen molar-refractivity contribution < 1.29 is 18.0 Å². The molecule has 2 amide bonds. The Kier molecular flexibility index (Phi) is 7.20. The first kappa shape index (κ1) is 20.4. The fourth-order valence-corrected chi connectivity index (χ4v) is 3.98. The van der Waals surface area contributed by atoms with E-state index in [0.29, 0.717) is 5.56 Å². The van der Waals surface area contributed by atoms with E-state index in [0.717, 1.165) is 37.9 Å². The van der Waals surface area contributed by atoms with E-state index in [-0.39, 0.29) is 16.7 Å². The minimum atomic E-state index is -3.30. The van der Waals surface area contributed by atoms with Crippen LogP contribution < -0.4 is 10.9 Å². The van der Waals surface area contributed by atoms with Crippen molar-refractivity contribution in [2.24, 2.45) is 11.8 Å². The molecule has 0 aliphatic heterocycles. The van der Waals surface area contributed by atoms with Crippen molar-refractivity contribution in [1.82, 2.24) is 10.9 Å². The highest BCUT2D eigenvalue weighted by atomic mass is 32.2. The first-order chi connectivity index (χ1) is 12.3. The van der Waals surface area contributed by atoms with Gasteiger partial charge in [0.2, 0.25) is 5.91 Å². The maximum Gasteiger partial charge on any atom is 0.269 e. The van der Waals surface area contributed by atoms with Gasteiger partial charge in [0, 0.05) is 17.7 Å². The molecular formula is C19H28N2O4S. The summed E-state index contributed by atoms with van der Waals surface area (Å²) in [6.45, 7) is 2.19. The molecule has 0 atom stereocenters. The number of hydrazine groups is 1. The van der Waals surface area contributed by atoms with Crippen molar-refractivity contribution >= 4 is 21.7 Å². The molecule has 2 rings (SSSR count). The molecule has 1 aromatic rings. The lowest BCUT2D eigenvalue weighted by molar-refractivity contribution is -0.127. The number of amides is 2. The van der Waals surface area contributed by atoms with Gasteiger partial charge in [-0.25, -0.2) is 8.42 Å². The van der Waals surface area contributed by atoms with Crippen LogP contribution in [-0.4, -0.2) is 26.5 Å². The Labute approximate surface area is 155 Å². The van der Waals surface area contributed by atoms with Crippen LogP contribution in [0.15, 0.2) is 29.2 Å². The standard InChI is InChI=1S/C19H28N2O4S/c1-3-4-5-14-6-8-15(9-7-14)18(22)20-21-19(23)16-10-12-17(13-11-16)26(2,24)25/h10-15H,3-9H2,1-2H3,(H,20,22)(H,21,23). The van der Waals surface area contributed by atoms with Gasteiger partial charge in [-0.2, -0.15) is 0 Å². The SMILES string of the molecule is CCCCC1CCC(C(=O)NNC(=O)c2ccc(S(C)(=O)=O)cc2)CC1. The number of benzene rings is 1. The topological polar surface area (TPSA) is 92.3 Å². The zero-order valence-corrected chi connectivity index (χ0v) is 16.3. The summed E-state index contributed by atoms with van der Waals surface area (Å²) in [4.78, 5) is 24.5. The third-order valence-corrected chi connectivity index (χ3v) is 6.16. The molecule has 144 valence electrons. The van der Waals surface area contributed by atoms with E-state index < -0.39 is 15.7 Å². The summed E-state index contributed by atoms with van der Waals surface area (Å²) < 4.78 is 22.9. The number of carbonyl (C=O) groups is 2. The summed E-state index contributed by atoms with van der Waals surface area (Å²) in [6, 6.07) is 5.61. The zero-order valence-electron chi connectivity index (χ0n) is 15.5. The molecule has 6 nitrogen and oxygen atoms in total. The second-order valence-corrected chi connectivity index (χ2v) is 9.12. The van der Waals surface area contributed by atoms with Gasteiger partial charge in [-0.3, -0.25) is 20.4 Å². The fraction of sp³-hybridized carbons (Fsp3) is 0.579. The van der Waals surface area contributed by atoms with E-state index in [2.05, 4.69) is 17.8 Å². The van der Waals surface area contributed by atoms with Crippen molar-refractivity contribution in [1.29, 1.82) is 0 Å². The number of hydrogen-bond acceptors (Lipinski definition) is 4. The van der Waals surface area contributed by atoms with Gasteiger partial charge < -0.3 is 0 Å². The van der Waals surface area contributed by atoms with Crippen LogP contribution >= 0.6 is 0 Å². The molecule has 0 radical (unpaired) electrons. The van der Waals surface area contributed by atoms with Crippen molar-refractivity contribution in [2.45, 2.75) is 56.8 Å². The summed E-state index contributed by atoms with van der Waals surface area (Å²) in [7, 11) is -3.30. The molecule has 7 heteroatoms. The Morgan fingerprint density at radius 1 is 1.04 bits per heavy atom. The molecule has 2 N–H and O–H groups in total. The number of rotatable bonds is 6. The maximum absolute atomic E-state index is 12.2. The van der Waals surface area contributed by atoms with E-state index >= 15 is 0 Å². The number of unbranched alkanes of at least 4 members (excludes halogenated alkanes) is 1. The van der Waals surface area contributed by atoms with Gasteiger partial charge in [-0.15, -0.1) is 0 Å². The largest absolute Gasteiger partial charge is 0.273 e. The molecule has 0 unspecified atom stereocenters. The molecule has 1 aliphatic carbocycles. The average molecular weight is 381 g/mol. The Morgan fingerprint density at radius 3 is 2.19 bits per heavy atom. The van der Waals surface area contributed by atoms with Gasteiger partial charge in [0.25, 0.3) is 5.91 Å². The first-order valence-corrected chi connectivity index (χ1v) is 11.1. The van der Waals surface area contributed by atoms with Crippen molar-refractivity contribution in [3.8, 4) is 0 Å². The molecule has 0 aromatic heterocycles. The lowest BCUT2D eigenvalue weighted by atomic mass is 9.79. The minimum absolute atomic E-state index is 0.0548. The predicted octanol–water partition coefficient (Wildman–Crippen LogP) is 2.85. The molecule has 1 saturated carbocycles. The molecule has 0 spiro atoms. The fourth-order valence-electron chi connectivity index (χ4n) is 3.35. The summed E-state index contributed by atoms with van der Waals surface area (Å²) in [5.74, 6) is 0.0535. The lowest BCUT2D eigenvalue weighted by Crippen LogP contribution is -2.45.